The van der Waals surface area contributed by atoms with Crippen molar-refractivity contribution < 1.29 is 18.0 Å². The third-order valence-electron chi connectivity index (χ3n) is 7.54. The monoisotopic (exact) mass is 646 g/mol. The fourth-order valence-electron chi connectivity index (χ4n) is 5.62. The van der Waals surface area contributed by atoms with Gasteiger partial charge in [-0.3, -0.25) is 14.8 Å². The van der Waals surface area contributed by atoms with Crippen molar-refractivity contribution in [3.8, 4) is 12.0 Å². The van der Waals surface area contributed by atoms with Crippen LogP contribution in [0.2, 0.25) is 0 Å². The summed E-state index contributed by atoms with van der Waals surface area (Å²) in [5, 5.41) is 11.1. The molecule has 2 aromatic heterocycles. The molecule has 0 aliphatic carbocycles. The Kier molecular flexibility index (Phi) is 18.8. The summed E-state index contributed by atoms with van der Waals surface area (Å²) in [6.07, 6.45) is 5.11. The number of nitrogens with zero attached hydrogens (tertiary/aromatic N) is 4. The van der Waals surface area contributed by atoms with Crippen LogP contribution in [0.25, 0.3) is 10.9 Å². The molecular weight excluding hydrogens is 589 g/mol. The largest absolute Gasteiger partial charge is 0.406 e. The number of alkyl halides is 3. The smallest absolute Gasteiger partial charge is 0.381 e. The van der Waals surface area contributed by atoms with Gasteiger partial charge in [0.2, 0.25) is 0 Å². The Hall–Kier alpha value is -3.45. The van der Waals surface area contributed by atoms with Crippen LogP contribution in [0.5, 0.6) is 0 Å². The number of aryl methyl sites for hydroxylation is 1. The number of hydrogen-bond donors (Lipinski definition) is 2. The summed E-state index contributed by atoms with van der Waals surface area (Å²) in [5.41, 5.74) is 1.83. The van der Waals surface area contributed by atoms with E-state index in [-0.39, 0.29) is 11.7 Å². The number of carbonyl (C=O) groups is 1. The Morgan fingerprint density at radius 3 is 2.35 bits per heavy atom. The van der Waals surface area contributed by atoms with Gasteiger partial charge in [-0.2, -0.15) is 18.3 Å². The van der Waals surface area contributed by atoms with E-state index in [1.54, 1.807) is 29.1 Å². The van der Waals surface area contributed by atoms with E-state index in [1.807, 2.05) is 61.5 Å². The molecule has 3 aromatic rings. The molecule has 2 aliphatic heterocycles. The van der Waals surface area contributed by atoms with E-state index in [1.165, 1.54) is 10.8 Å². The Bertz CT molecular complexity index is 1350. The molecule has 2 unspecified atom stereocenters. The highest BCUT2D eigenvalue weighted by Gasteiger charge is 2.31. The molecule has 1 fully saturated rings. The number of halogens is 3. The van der Waals surface area contributed by atoms with Crippen LogP contribution in [0.4, 0.5) is 18.9 Å². The van der Waals surface area contributed by atoms with Crippen LogP contribution in [0.15, 0.2) is 36.7 Å². The number of carbonyl (C=O) groups excluding carboxylic acids is 1. The van der Waals surface area contributed by atoms with Gasteiger partial charge in [-0.1, -0.05) is 80.7 Å². The second kappa shape index (κ2) is 21.4. The Morgan fingerprint density at radius 1 is 0.957 bits per heavy atom. The number of fused-ring (bicyclic) bond motifs is 4. The highest BCUT2D eigenvalue weighted by atomic mass is 19.4. The molecule has 2 aliphatic rings. The number of hydrogen-bond acceptors (Lipinski definition) is 4. The first-order valence-electron chi connectivity index (χ1n) is 17.2. The van der Waals surface area contributed by atoms with Gasteiger partial charge < -0.3 is 14.8 Å². The Labute approximate surface area is 275 Å². The lowest BCUT2D eigenvalue weighted by Gasteiger charge is -2.38. The average molecular weight is 647 g/mol. The van der Waals surface area contributed by atoms with Crippen LogP contribution in [0, 0.1) is 17.9 Å². The number of likely N-dealkylation sites (tertiary alicyclic amines) is 1. The minimum absolute atomic E-state index is 0.192. The fraction of sp³-hybridized carbons (Fsp3) is 0.611. The summed E-state index contributed by atoms with van der Waals surface area (Å²) >= 11 is 0. The molecule has 2 N–H and O–H groups in total. The standard InChI is InChI=1S/C28H33F3N6O.4C2H6/c1-35-14-11-24-20(17-35)7-4-2-3-5-13-36-18-21(16-33-36)27(38)32-12-10-22-15-23-25(34-24)8-6-9-26(23)37(22)19-28(29,30)31;4*1-2/h6,8-9,15-16,18,20,24,34H,2-5,7,11,13-14,17,19H2,1H3,(H,32,38);4*1-2H3. The minimum Gasteiger partial charge on any atom is -0.381 e. The predicted octanol–water partition coefficient (Wildman–Crippen LogP) is 8.94. The summed E-state index contributed by atoms with van der Waals surface area (Å²) in [7, 11) is 2.15. The molecule has 258 valence electrons. The van der Waals surface area contributed by atoms with Crippen LogP contribution in [0.3, 0.4) is 0 Å². The fourth-order valence-corrected chi connectivity index (χ4v) is 5.62. The van der Waals surface area contributed by atoms with E-state index in [0.717, 1.165) is 63.8 Å². The van der Waals surface area contributed by atoms with Crippen molar-refractivity contribution in [2.45, 2.75) is 119 Å². The van der Waals surface area contributed by atoms with Crippen molar-refractivity contribution in [3.05, 3.63) is 47.9 Å². The molecule has 1 saturated heterocycles. The molecular formula is C36H57F3N6O. The molecule has 1 amide bonds. The average Bonchev–Trinajstić information content (AvgIpc) is 3.68. The van der Waals surface area contributed by atoms with E-state index >= 15 is 0 Å². The van der Waals surface area contributed by atoms with Gasteiger partial charge in [-0.25, -0.2) is 0 Å². The first kappa shape index (κ1) is 40.6. The maximum Gasteiger partial charge on any atom is 0.406 e. The van der Waals surface area contributed by atoms with Gasteiger partial charge in [-0.05, 0) is 62.9 Å². The highest BCUT2D eigenvalue weighted by Crippen LogP contribution is 2.33. The van der Waals surface area contributed by atoms with Crippen molar-refractivity contribution in [3.63, 3.8) is 0 Å². The highest BCUT2D eigenvalue weighted by molar-refractivity contribution is 5.95. The first-order valence-corrected chi connectivity index (χ1v) is 17.2. The van der Waals surface area contributed by atoms with Crippen LogP contribution >= 0.6 is 0 Å². The van der Waals surface area contributed by atoms with E-state index in [4.69, 9.17) is 0 Å². The lowest BCUT2D eigenvalue weighted by molar-refractivity contribution is -0.140. The molecule has 10 heteroatoms. The Balaban J connectivity index is 0.00000123. The number of rotatable bonds is 1. The summed E-state index contributed by atoms with van der Waals surface area (Å²) in [5.74, 6) is 2.77. The third-order valence-corrected chi connectivity index (χ3v) is 7.54. The predicted molar refractivity (Wildman–Crippen MR) is 186 cm³/mol. The Morgan fingerprint density at radius 2 is 1.65 bits per heavy atom. The molecule has 46 heavy (non-hydrogen) atoms. The second-order valence-electron chi connectivity index (χ2n) is 10.4. The van der Waals surface area contributed by atoms with Gasteiger partial charge >= 0.3 is 6.18 Å². The van der Waals surface area contributed by atoms with Crippen molar-refractivity contribution in [1.29, 1.82) is 0 Å². The molecule has 7 nitrogen and oxygen atoms in total. The molecule has 5 rings (SSSR count). The van der Waals surface area contributed by atoms with E-state index in [2.05, 4.69) is 39.6 Å². The van der Waals surface area contributed by atoms with Gasteiger partial charge in [0.15, 0.2) is 0 Å². The molecule has 4 bridgehead atoms. The van der Waals surface area contributed by atoms with E-state index in [0.29, 0.717) is 22.4 Å². The van der Waals surface area contributed by atoms with Crippen molar-refractivity contribution in [2.24, 2.45) is 5.92 Å². The zero-order valence-corrected chi connectivity index (χ0v) is 29.5. The van der Waals surface area contributed by atoms with Gasteiger partial charge in [0.1, 0.15) is 6.54 Å². The number of piperidine rings is 1. The van der Waals surface area contributed by atoms with E-state index < -0.39 is 18.6 Å². The van der Waals surface area contributed by atoms with Gasteiger partial charge in [0.05, 0.1) is 23.0 Å². The first-order chi connectivity index (χ1) is 22.3. The third kappa shape index (κ3) is 12.1. The van der Waals surface area contributed by atoms with Crippen molar-refractivity contribution in [2.75, 3.05) is 25.5 Å². The van der Waals surface area contributed by atoms with Crippen molar-refractivity contribution in [1.82, 2.24) is 24.6 Å². The van der Waals surface area contributed by atoms with Crippen LogP contribution in [-0.2, 0) is 13.1 Å². The topological polar surface area (TPSA) is 67.1 Å². The zero-order chi connectivity index (χ0) is 34.7. The van der Waals surface area contributed by atoms with Gasteiger partial charge in [-0.15, -0.1) is 0 Å². The number of benzene rings is 1. The van der Waals surface area contributed by atoms with Gasteiger partial charge in [0, 0.05) is 42.4 Å². The molecule has 0 saturated carbocycles. The maximum absolute atomic E-state index is 13.6. The lowest BCUT2D eigenvalue weighted by Crippen LogP contribution is -2.44. The van der Waals surface area contributed by atoms with Crippen LogP contribution < -0.4 is 10.6 Å². The van der Waals surface area contributed by atoms with E-state index in [9.17, 15) is 18.0 Å². The lowest BCUT2D eigenvalue weighted by atomic mass is 9.87. The summed E-state index contributed by atoms with van der Waals surface area (Å²) < 4.78 is 43.6. The van der Waals surface area contributed by atoms with Crippen molar-refractivity contribution >= 4 is 22.5 Å². The summed E-state index contributed by atoms with van der Waals surface area (Å²) in [6, 6.07) is 9.89. The quantitative estimate of drug-likeness (QED) is 0.259. The van der Waals surface area contributed by atoms with Crippen LogP contribution in [0.1, 0.15) is 110 Å². The normalized spacial score (nSPS) is 18.5. The number of nitrogens with one attached hydrogen (secondary N) is 2. The molecule has 0 radical (unpaired) electrons. The molecule has 4 heterocycles. The van der Waals surface area contributed by atoms with Gasteiger partial charge in [0.25, 0.3) is 5.91 Å². The molecule has 2 atom stereocenters. The SMILES string of the molecule is CC.CC.CC.CC.CN1CCC2Nc3cccc4c3cc(n4CC(F)(F)F)C#CNC(=O)c3cnn(c3)CCCCCCC2C1. The van der Waals surface area contributed by atoms with Crippen LogP contribution in [-0.4, -0.2) is 57.5 Å². The molecule has 1 aromatic carbocycles. The number of anilines is 1. The zero-order valence-electron chi connectivity index (χ0n) is 29.5. The number of aromatic nitrogens is 3. The molecule has 0 spiro atoms. The number of amides is 1. The summed E-state index contributed by atoms with van der Waals surface area (Å²) in [4.78, 5) is 14.9. The second-order valence-corrected chi connectivity index (χ2v) is 10.4. The summed E-state index contributed by atoms with van der Waals surface area (Å²) in [6.45, 7) is 17.5. The minimum atomic E-state index is -4.42. The maximum atomic E-state index is 13.6.